The molecule has 196 valence electrons. The van der Waals surface area contributed by atoms with Crippen LogP contribution in [-0.2, 0) is 12.8 Å². The highest BCUT2D eigenvalue weighted by molar-refractivity contribution is 5.94. The van der Waals surface area contributed by atoms with Gasteiger partial charge in [-0.15, -0.1) is 0 Å². The van der Waals surface area contributed by atoms with E-state index in [0.29, 0.717) is 18.4 Å². The second-order valence-corrected chi connectivity index (χ2v) is 9.83. The zero-order valence-corrected chi connectivity index (χ0v) is 22.2. The molecule has 0 radical (unpaired) electrons. The molecule has 3 aromatic rings. The number of para-hydroxylation sites is 2. The highest BCUT2D eigenvalue weighted by Crippen LogP contribution is 2.33. The van der Waals surface area contributed by atoms with Gasteiger partial charge in [-0.2, -0.15) is 0 Å². The average Bonchev–Trinajstić information content (AvgIpc) is 2.93. The monoisotopic (exact) mass is 500 g/mol. The molecule has 1 aliphatic carbocycles. The number of hydrogen-bond donors (Lipinski definition) is 1. The summed E-state index contributed by atoms with van der Waals surface area (Å²) in [5.41, 5.74) is 10.0. The zero-order chi connectivity index (χ0) is 26.0. The van der Waals surface area contributed by atoms with Crippen molar-refractivity contribution in [3.8, 4) is 17.2 Å². The van der Waals surface area contributed by atoms with Crippen LogP contribution in [0, 0.1) is 0 Å². The van der Waals surface area contributed by atoms with Crippen molar-refractivity contribution >= 4 is 11.6 Å². The summed E-state index contributed by atoms with van der Waals surface area (Å²) in [5.74, 6) is 2.29. The van der Waals surface area contributed by atoms with Crippen LogP contribution in [0.5, 0.6) is 17.2 Å². The summed E-state index contributed by atoms with van der Waals surface area (Å²) in [6.07, 6.45) is 8.51. The van der Waals surface area contributed by atoms with E-state index in [4.69, 9.17) is 15.2 Å². The molecule has 0 unspecified atom stereocenters. The molecule has 0 aliphatic heterocycles. The number of nitrogens with zero attached hydrogens (tertiary/aromatic N) is 1. The van der Waals surface area contributed by atoms with Gasteiger partial charge in [-0.3, -0.25) is 4.79 Å². The number of ether oxygens (including phenoxy) is 2. The molecule has 5 heteroatoms. The fourth-order valence-corrected chi connectivity index (χ4v) is 5.19. The summed E-state index contributed by atoms with van der Waals surface area (Å²) < 4.78 is 11.8. The minimum atomic E-state index is 0.165. The first kappa shape index (κ1) is 26.6. The molecule has 2 N–H and O–H groups in total. The maximum absolute atomic E-state index is 13.5. The quantitative estimate of drug-likeness (QED) is 0.278. The molecule has 0 atom stereocenters. The average molecular weight is 501 g/mol. The van der Waals surface area contributed by atoms with Crippen LogP contribution in [0.15, 0.2) is 66.7 Å². The minimum absolute atomic E-state index is 0.165. The Balaban J connectivity index is 1.45. The van der Waals surface area contributed by atoms with E-state index in [-0.39, 0.29) is 5.91 Å². The van der Waals surface area contributed by atoms with Crippen LogP contribution >= 0.6 is 0 Å². The predicted octanol–water partition coefficient (Wildman–Crippen LogP) is 7.43. The van der Waals surface area contributed by atoms with E-state index < -0.39 is 0 Å². The number of anilines is 1. The van der Waals surface area contributed by atoms with E-state index in [0.717, 1.165) is 72.5 Å². The fraction of sp³-hybridized carbons (Fsp3) is 0.406. The second kappa shape index (κ2) is 13.2. The van der Waals surface area contributed by atoms with Gasteiger partial charge in [-0.05, 0) is 92.6 Å². The second-order valence-electron chi connectivity index (χ2n) is 9.83. The van der Waals surface area contributed by atoms with Gasteiger partial charge in [0.25, 0.3) is 5.91 Å². The molecule has 0 aromatic heterocycles. The van der Waals surface area contributed by atoms with Crippen molar-refractivity contribution < 1.29 is 14.3 Å². The first-order valence-corrected chi connectivity index (χ1v) is 13.8. The lowest BCUT2D eigenvalue weighted by atomic mass is 9.93. The summed E-state index contributed by atoms with van der Waals surface area (Å²) in [4.78, 5) is 15.6. The van der Waals surface area contributed by atoms with Crippen molar-refractivity contribution in [1.29, 1.82) is 0 Å². The largest absolute Gasteiger partial charge is 0.490 e. The maximum atomic E-state index is 13.5. The number of carbonyl (C=O) groups excluding carboxylic acids is 1. The predicted molar refractivity (Wildman–Crippen MR) is 151 cm³/mol. The summed E-state index contributed by atoms with van der Waals surface area (Å²) in [6, 6.07) is 21.9. The Morgan fingerprint density at radius 1 is 0.919 bits per heavy atom. The maximum Gasteiger partial charge on any atom is 0.254 e. The Bertz CT molecular complexity index is 1170. The Morgan fingerprint density at radius 3 is 2.46 bits per heavy atom. The normalized spacial score (nSPS) is 13.8. The molecule has 1 saturated carbocycles. The zero-order valence-electron chi connectivity index (χ0n) is 22.2. The van der Waals surface area contributed by atoms with Gasteiger partial charge in [-0.1, -0.05) is 50.5 Å². The highest BCUT2D eigenvalue weighted by atomic mass is 16.5. The Labute approximate surface area is 221 Å². The van der Waals surface area contributed by atoms with Gasteiger partial charge in [0.05, 0.1) is 6.61 Å². The van der Waals surface area contributed by atoms with Crippen molar-refractivity contribution in [3.05, 3.63) is 83.4 Å². The van der Waals surface area contributed by atoms with Gasteiger partial charge in [-0.25, -0.2) is 0 Å². The van der Waals surface area contributed by atoms with Crippen LogP contribution in [0.25, 0.3) is 0 Å². The van der Waals surface area contributed by atoms with Crippen LogP contribution < -0.4 is 15.2 Å². The summed E-state index contributed by atoms with van der Waals surface area (Å²) in [7, 11) is 0. The number of nitrogen functional groups attached to an aromatic ring is 1. The summed E-state index contributed by atoms with van der Waals surface area (Å²) in [5, 5.41) is 0. The van der Waals surface area contributed by atoms with E-state index in [1.165, 1.54) is 19.3 Å². The lowest BCUT2D eigenvalue weighted by molar-refractivity contribution is 0.0634. The number of aryl methyl sites for hydroxylation is 2. The van der Waals surface area contributed by atoms with Crippen LogP contribution in [-0.4, -0.2) is 30.0 Å². The van der Waals surface area contributed by atoms with Gasteiger partial charge >= 0.3 is 0 Å². The van der Waals surface area contributed by atoms with Crippen molar-refractivity contribution in [1.82, 2.24) is 4.90 Å². The van der Waals surface area contributed by atoms with Gasteiger partial charge < -0.3 is 20.1 Å². The van der Waals surface area contributed by atoms with E-state index in [2.05, 4.69) is 24.0 Å². The van der Waals surface area contributed by atoms with Crippen LogP contribution in [0.2, 0.25) is 0 Å². The van der Waals surface area contributed by atoms with Crippen molar-refractivity contribution in [3.63, 3.8) is 0 Å². The molecule has 5 nitrogen and oxygen atoms in total. The lowest BCUT2D eigenvalue weighted by Gasteiger charge is -2.34. The molecule has 3 aromatic carbocycles. The fourth-order valence-electron chi connectivity index (χ4n) is 5.19. The molecular formula is C32H40N2O3. The van der Waals surface area contributed by atoms with Gasteiger partial charge in [0.15, 0.2) is 11.5 Å². The first-order chi connectivity index (χ1) is 18.1. The summed E-state index contributed by atoms with van der Waals surface area (Å²) in [6.45, 7) is 5.50. The molecular weight excluding hydrogens is 460 g/mol. The number of amides is 1. The number of carbonyl (C=O) groups is 1. The van der Waals surface area contributed by atoms with E-state index in [1.54, 1.807) is 0 Å². The third-order valence-corrected chi connectivity index (χ3v) is 7.09. The molecule has 4 rings (SSSR count). The minimum Gasteiger partial charge on any atom is -0.490 e. The number of rotatable bonds is 11. The van der Waals surface area contributed by atoms with Crippen LogP contribution in [0.1, 0.15) is 73.9 Å². The molecule has 1 fully saturated rings. The topological polar surface area (TPSA) is 64.8 Å². The third-order valence-electron chi connectivity index (χ3n) is 7.09. The molecule has 1 amide bonds. The van der Waals surface area contributed by atoms with Crippen molar-refractivity contribution in [2.75, 3.05) is 18.9 Å². The van der Waals surface area contributed by atoms with Gasteiger partial charge in [0.1, 0.15) is 5.75 Å². The number of hydrogen-bond acceptors (Lipinski definition) is 4. The molecule has 37 heavy (non-hydrogen) atoms. The van der Waals surface area contributed by atoms with Crippen molar-refractivity contribution in [2.24, 2.45) is 0 Å². The third kappa shape index (κ3) is 7.06. The standard InChI is InChI=1S/C32H40N2O3/c1-3-21-34(27-13-6-5-7-14-27)32(35)26-12-10-11-24(22-26)17-18-25-23-28(19-20-29(25)33)37-31-16-9-8-15-30(31)36-4-2/h8-12,15-16,19-20,22-23,27H,3-7,13-14,17-18,21,33H2,1-2H3. The Kier molecular flexibility index (Phi) is 9.47. The highest BCUT2D eigenvalue weighted by Gasteiger charge is 2.25. The molecule has 0 bridgehead atoms. The summed E-state index contributed by atoms with van der Waals surface area (Å²) >= 11 is 0. The molecule has 0 spiro atoms. The van der Waals surface area contributed by atoms with E-state index in [1.807, 2.05) is 61.5 Å². The van der Waals surface area contributed by atoms with Crippen LogP contribution in [0.3, 0.4) is 0 Å². The van der Waals surface area contributed by atoms with E-state index in [9.17, 15) is 4.79 Å². The van der Waals surface area contributed by atoms with Gasteiger partial charge in [0.2, 0.25) is 0 Å². The van der Waals surface area contributed by atoms with Gasteiger partial charge in [0, 0.05) is 23.8 Å². The smallest absolute Gasteiger partial charge is 0.254 e. The SMILES string of the molecule is CCCN(C(=O)c1cccc(CCc2cc(Oc3ccccc3OCC)ccc2N)c1)C1CCCCC1. The Morgan fingerprint density at radius 2 is 1.70 bits per heavy atom. The van der Waals surface area contributed by atoms with E-state index >= 15 is 0 Å². The molecule has 0 heterocycles. The molecule has 1 aliphatic rings. The lowest BCUT2D eigenvalue weighted by Crippen LogP contribution is -2.42. The Hall–Kier alpha value is -3.47. The van der Waals surface area contributed by atoms with Crippen LogP contribution in [0.4, 0.5) is 5.69 Å². The first-order valence-electron chi connectivity index (χ1n) is 13.8. The number of nitrogens with two attached hydrogens (primary N) is 1. The van der Waals surface area contributed by atoms with Crippen molar-refractivity contribution in [2.45, 2.75) is 71.3 Å². The number of benzene rings is 3. The molecule has 0 saturated heterocycles.